The van der Waals surface area contributed by atoms with Crippen molar-refractivity contribution >= 4 is 5.91 Å². The molecule has 4 rings (SSSR count). The maximum absolute atomic E-state index is 12.8. The molecule has 1 amide bonds. The number of likely N-dealkylation sites (tertiary alicyclic amines) is 1. The van der Waals surface area contributed by atoms with E-state index in [9.17, 15) is 4.79 Å². The summed E-state index contributed by atoms with van der Waals surface area (Å²) in [5.41, 5.74) is 4.05. The quantitative estimate of drug-likeness (QED) is 0.880. The molecular formula is C22H28N4O. The van der Waals surface area contributed by atoms with Crippen LogP contribution in [0.2, 0.25) is 0 Å². The molecule has 5 nitrogen and oxygen atoms in total. The zero-order valence-corrected chi connectivity index (χ0v) is 16.0. The summed E-state index contributed by atoms with van der Waals surface area (Å²) in [6.45, 7) is 5.38. The molecule has 1 aromatic heterocycles. The first kappa shape index (κ1) is 18.1. The summed E-state index contributed by atoms with van der Waals surface area (Å²) in [7, 11) is 2.09. The summed E-state index contributed by atoms with van der Waals surface area (Å²) in [5.74, 6) is 0.400. The van der Waals surface area contributed by atoms with Crippen LogP contribution >= 0.6 is 0 Å². The largest absolute Gasteiger partial charge is 0.355 e. The van der Waals surface area contributed by atoms with Crippen molar-refractivity contribution in [1.82, 2.24) is 20.1 Å². The Balaban J connectivity index is 1.30. The van der Waals surface area contributed by atoms with E-state index >= 15 is 0 Å². The molecule has 5 heteroatoms. The Morgan fingerprint density at radius 3 is 2.85 bits per heavy atom. The monoisotopic (exact) mass is 364 g/mol. The van der Waals surface area contributed by atoms with Crippen LogP contribution < -0.4 is 5.32 Å². The smallest absolute Gasteiger partial charge is 0.225 e. The van der Waals surface area contributed by atoms with Crippen LogP contribution in [0.25, 0.3) is 0 Å². The van der Waals surface area contributed by atoms with Gasteiger partial charge in [0.05, 0.1) is 5.92 Å². The predicted octanol–water partition coefficient (Wildman–Crippen LogP) is 1.90. The molecule has 27 heavy (non-hydrogen) atoms. The van der Waals surface area contributed by atoms with Gasteiger partial charge >= 0.3 is 0 Å². The normalized spacial score (nSPS) is 23.1. The highest BCUT2D eigenvalue weighted by Gasteiger charge is 2.36. The third kappa shape index (κ3) is 4.20. The van der Waals surface area contributed by atoms with E-state index < -0.39 is 0 Å². The molecule has 1 N–H and O–H groups in total. The van der Waals surface area contributed by atoms with Gasteiger partial charge in [-0.15, -0.1) is 0 Å². The number of hydrogen-bond acceptors (Lipinski definition) is 4. The van der Waals surface area contributed by atoms with Crippen molar-refractivity contribution in [2.24, 2.45) is 5.92 Å². The molecular weight excluding hydrogens is 336 g/mol. The van der Waals surface area contributed by atoms with E-state index in [0.717, 1.165) is 44.7 Å². The molecule has 0 spiro atoms. The minimum atomic E-state index is 0.00119. The van der Waals surface area contributed by atoms with Crippen molar-refractivity contribution < 1.29 is 4.79 Å². The average molecular weight is 364 g/mol. The number of nitrogens with one attached hydrogen (secondary N) is 1. The van der Waals surface area contributed by atoms with Gasteiger partial charge in [-0.2, -0.15) is 0 Å². The average Bonchev–Trinajstić information content (AvgIpc) is 3.10. The Morgan fingerprint density at radius 2 is 2.04 bits per heavy atom. The topological polar surface area (TPSA) is 48.5 Å². The van der Waals surface area contributed by atoms with Crippen molar-refractivity contribution in [3.8, 4) is 0 Å². The van der Waals surface area contributed by atoms with Crippen molar-refractivity contribution in [3.05, 3.63) is 65.5 Å². The van der Waals surface area contributed by atoms with E-state index in [1.54, 1.807) is 6.20 Å². The first-order valence-electron chi connectivity index (χ1n) is 9.86. The fourth-order valence-electron chi connectivity index (χ4n) is 4.41. The van der Waals surface area contributed by atoms with Crippen LogP contribution in [0.1, 0.15) is 22.6 Å². The van der Waals surface area contributed by atoms with Crippen LogP contribution in [0, 0.1) is 5.92 Å². The second kappa shape index (κ2) is 8.19. The lowest BCUT2D eigenvalue weighted by Gasteiger charge is -2.29. The molecule has 2 aromatic rings. The highest BCUT2D eigenvalue weighted by Crippen LogP contribution is 2.31. The molecule has 2 atom stereocenters. The Labute approximate surface area is 161 Å². The summed E-state index contributed by atoms with van der Waals surface area (Å²) in [6, 6.07) is 12.7. The molecule has 3 heterocycles. The van der Waals surface area contributed by atoms with Crippen LogP contribution in [0.3, 0.4) is 0 Å². The number of carbonyl (C=O) groups is 1. The molecule has 1 fully saturated rings. The molecule has 0 saturated carbocycles. The zero-order chi connectivity index (χ0) is 18.6. The van der Waals surface area contributed by atoms with Crippen molar-refractivity contribution in [1.29, 1.82) is 0 Å². The summed E-state index contributed by atoms with van der Waals surface area (Å²) >= 11 is 0. The molecule has 0 aliphatic carbocycles. The van der Waals surface area contributed by atoms with Gasteiger partial charge in [0.25, 0.3) is 0 Å². The maximum atomic E-state index is 12.8. The van der Waals surface area contributed by atoms with Crippen molar-refractivity contribution in [2.75, 3.05) is 39.8 Å². The minimum absolute atomic E-state index is 0.00119. The van der Waals surface area contributed by atoms with Gasteiger partial charge in [0, 0.05) is 57.6 Å². The van der Waals surface area contributed by atoms with Gasteiger partial charge in [0.15, 0.2) is 0 Å². The fourth-order valence-corrected chi connectivity index (χ4v) is 4.41. The second-order valence-corrected chi connectivity index (χ2v) is 7.81. The van der Waals surface area contributed by atoms with Crippen LogP contribution in [-0.4, -0.2) is 60.5 Å². The number of benzene rings is 1. The number of likely N-dealkylation sites (N-methyl/N-ethyl adjacent to an activating group) is 1. The van der Waals surface area contributed by atoms with Crippen LogP contribution in [0.4, 0.5) is 0 Å². The standard InChI is InChI=1S/C22H28N4O/c1-25-15-20(18-7-4-9-23-13-18)21(16-25)22(27)24-10-12-26-11-8-17-5-2-3-6-19(17)14-26/h2-7,9,13,20-21H,8,10-12,14-16H2,1H3,(H,24,27)/t20-,21?/m0/s1. The van der Waals surface area contributed by atoms with E-state index in [2.05, 4.69) is 57.5 Å². The number of nitrogens with zero attached hydrogens (tertiary/aromatic N) is 3. The molecule has 0 radical (unpaired) electrons. The van der Waals surface area contributed by atoms with Gasteiger partial charge in [-0.1, -0.05) is 30.3 Å². The van der Waals surface area contributed by atoms with Gasteiger partial charge in [0.1, 0.15) is 0 Å². The Morgan fingerprint density at radius 1 is 1.19 bits per heavy atom. The van der Waals surface area contributed by atoms with Crippen molar-refractivity contribution in [3.63, 3.8) is 0 Å². The van der Waals surface area contributed by atoms with Gasteiger partial charge < -0.3 is 10.2 Å². The third-order valence-corrected chi connectivity index (χ3v) is 5.89. The first-order valence-corrected chi connectivity index (χ1v) is 9.86. The zero-order valence-electron chi connectivity index (χ0n) is 16.0. The number of pyridine rings is 1. The molecule has 142 valence electrons. The number of hydrogen-bond donors (Lipinski definition) is 1. The van der Waals surface area contributed by atoms with E-state index in [1.807, 2.05) is 12.3 Å². The van der Waals surface area contributed by atoms with Gasteiger partial charge in [0.2, 0.25) is 5.91 Å². The van der Waals surface area contributed by atoms with Gasteiger partial charge in [-0.3, -0.25) is 14.7 Å². The highest BCUT2D eigenvalue weighted by atomic mass is 16.2. The van der Waals surface area contributed by atoms with Crippen LogP contribution in [0.15, 0.2) is 48.8 Å². The summed E-state index contributed by atoms with van der Waals surface area (Å²) in [6.07, 6.45) is 4.78. The summed E-state index contributed by atoms with van der Waals surface area (Å²) in [4.78, 5) is 21.7. The second-order valence-electron chi connectivity index (χ2n) is 7.81. The molecule has 1 unspecified atom stereocenters. The lowest BCUT2D eigenvalue weighted by molar-refractivity contribution is -0.125. The molecule has 2 aliphatic rings. The maximum Gasteiger partial charge on any atom is 0.225 e. The van der Waals surface area contributed by atoms with E-state index in [-0.39, 0.29) is 17.7 Å². The number of carbonyl (C=O) groups excluding carboxylic acids is 1. The van der Waals surface area contributed by atoms with Crippen molar-refractivity contribution in [2.45, 2.75) is 18.9 Å². The Bertz CT molecular complexity index is 779. The predicted molar refractivity (Wildman–Crippen MR) is 106 cm³/mol. The van der Waals surface area contributed by atoms with Gasteiger partial charge in [-0.25, -0.2) is 0 Å². The SMILES string of the molecule is CN1CC(C(=O)NCCN2CCc3ccccc3C2)[C@H](c2cccnc2)C1. The van der Waals surface area contributed by atoms with E-state index in [4.69, 9.17) is 0 Å². The number of rotatable bonds is 5. The summed E-state index contributed by atoms with van der Waals surface area (Å²) in [5, 5.41) is 3.19. The van der Waals surface area contributed by atoms with Crippen LogP contribution in [-0.2, 0) is 17.8 Å². The highest BCUT2D eigenvalue weighted by molar-refractivity contribution is 5.80. The lowest BCUT2D eigenvalue weighted by atomic mass is 9.89. The lowest BCUT2D eigenvalue weighted by Crippen LogP contribution is -2.41. The third-order valence-electron chi connectivity index (χ3n) is 5.89. The summed E-state index contributed by atoms with van der Waals surface area (Å²) < 4.78 is 0. The Hall–Kier alpha value is -2.24. The molecule has 0 bridgehead atoms. The molecule has 1 aromatic carbocycles. The fraction of sp³-hybridized carbons (Fsp3) is 0.455. The van der Waals surface area contributed by atoms with Crippen LogP contribution in [0.5, 0.6) is 0 Å². The molecule has 1 saturated heterocycles. The van der Waals surface area contributed by atoms with E-state index in [1.165, 1.54) is 11.1 Å². The number of fused-ring (bicyclic) bond motifs is 1. The minimum Gasteiger partial charge on any atom is -0.355 e. The molecule has 2 aliphatic heterocycles. The van der Waals surface area contributed by atoms with Gasteiger partial charge in [-0.05, 0) is 36.2 Å². The number of amides is 1. The van der Waals surface area contributed by atoms with E-state index in [0.29, 0.717) is 6.54 Å². The first-order chi connectivity index (χ1) is 13.2. The Kier molecular flexibility index (Phi) is 5.50. The number of aromatic nitrogens is 1.